The van der Waals surface area contributed by atoms with Gasteiger partial charge in [0.2, 0.25) is 5.91 Å². The van der Waals surface area contributed by atoms with Crippen molar-refractivity contribution in [2.45, 2.75) is 44.6 Å². The van der Waals surface area contributed by atoms with Crippen molar-refractivity contribution < 1.29 is 9.21 Å². The second-order valence-electron chi connectivity index (χ2n) is 7.45. The van der Waals surface area contributed by atoms with Crippen LogP contribution in [-0.2, 0) is 11.2 Å². The van der Waals surface area contributed by atoms with Crippen molar-refractivity contribution >= 4 is 17.5 Å². The van der Waals surface area contributed by atoms with Crippen LogP contribution in [0.1, 0.15) is 38.0 Å². The average molecular weight is 388 g/mol. The Balaban J connectivity index is 1.27. The zero-order chi connectivity index (χ0) is 18.6. The Morgan fingerprint density at radius 1 is 1.15 bits per heavy atom. The Hall–Kier alpha value is -1.85. The first-order valence-corrected chi connectivity index (χ1v) is 10.3. The van der Waals surface area contributed by atoms with Gasteiger partial charge in [0, 0.05) is 50.6 Å². The van der Waals surface area contributed by atoms with Crippen molar-refractivity contribution in [2.75, 3.05) is 26.2 Å². The van der Waals surface area contributed by atoms with Crippen molar-refractivity contribution in [1.82, 2.24) is 14.8 Å². The maximum Gasteiger partial charge on any atom is 0.223 e. The van der Waals surface area contributed by atoms with Gasteiger partial charge in [-0.1, -0.05) is 36.6 Å². The fourth-order valence-corrected chi connectivity index (χ4v) is 4.42. The van der Waals surface area contributed by atoms with E-state index in [1.807, 2.05) is 29.2 Å². The molecule has 0 bridgehead atoms. The predicted molar refractivity (Wildman–Crippen MR) is 106 cm³/mol. The van der Waals surface area contributed by atoms with Crippen LogP contribution in [-0.4, -0.2) is 52.9 Å². The van der Waals surface area contributed by atoms with E-state index in [4.69, 9.17) is 16.0 Å². The standard InChI is InChI=1S/C21H26ClN3O2/c22-18-8-4-3-7-17(18)19-15-23-20(27-19)9-10-21(26)25-13-11-24(12-14-25)16-5-1-2-6-16/h3-4,7-8,15-16H,1-2,5-6,9-14H2. The topological polar surface area (TPSA) is 49.6 Å². The van der Waals surface area contributed by atoms with Gasteiger partial charge < -0.3 is 9.32 Å². The molecule has 144 valence electrons. The van der Waals surface area contributed by atoms with E-state index in [1.54, 1.807) is 6.20 Å². The molecule has 0 radical (unpaired) electrons. The summed E-state index contributed by atoms with van der Waals surface area (Å²) in [6.07, 6.45) is 8.00. The van der Waals surface area contributed by atoms with Gasteiger partial charge in [0.05, 0.1) is 11.2 Å². The number of carbonyl (C=O) groups is 1. The highest BCUT2D eigenvalue weighted by molar-refractivity contribution is 6.33. The number of benzene rings is 1. The predicted octanol–water partition coefficient (Wildman–Crippen LogP) is 4.01. The largest absolute Gasteiger partial charge is 0.441 e. The number of aromatic nitrogens is 1. The third-order valence-corrected chi connectivity index (χ3v) is 6.08. The van der Waals surface area contributed by atoms with Gasteiger partial charge >= 0.3 is 0 Å². The molecule has 1 aromatic carbocycles. The van der Waals surface area contributed by atoms with Gasteiger partial charge in [-0.3, -0.25) is 9.69 Å². The molecule has 1 aromatic heterocycles. The number of amides is 1. The van der Waals surface area contributed by atoms with Crippen LogP contribution in [0.5, 0.6) is 0 Å². The quantitative estimate of drug-likeness (QED) is 0.777. The molecule has 2 heterocycles. The summed E-state index contributed by atoms with van der Waals surface area (Å²) in [5.41, 5.74) is 0.826. The first kappa shape index (κ1) is 18.5. The summed E-state index contributed by atoms with van der Waals surface area (Å²) in [6.45, 7) is 3.69. The highest BCUT2D eigenvalue weighted by Gasteiger charge is 2.27. The molecule has 4 rings (SSSR count). The fourth-order valence-electron chi connectivity index (χ4n) is 4.19. The lowest BCUT2D eigenvalue weighted by Crippen LogP contribution is -2.51. The molecule has 0 spiro atoms. The lowest BCUT2D eigenvalue weighted by atomic mass is 10.1. The number of halogens is 1. The molecule has 6 heteroatoms. The van der Waals surface area contributed by atoms with E-state index in [9.17, 15) is 4.79 Å². The Morgan fingerprint density at radius 2 is 1.89 bits per heavy atom. The summed E-state index contributed by atoms with van der Waals surface area (Å²) in [5, 5.41) is 0.636. The normalized spacial score (nSPS) is 18.9. The van der Waals surface area contributed by atoms with Gasteiger partial charge in [0.15, 0.2) is 11.7 Å². The van der Waals surface area contributed by atoms with E-state index in [-0.39, 0.29) is 5.91 Å². The Labute approximate surface area is 165 Å². The Kier molecular flexibility index (Phi) is 5.79. The lowest BCUT2D eigenvalue weighted by Gasteiger charge is -2.38. The van der Waals surface area contributed by atoms with E-state index in [2.05, 4.69) is 9.88 Å². The molecule has 5 nitrogen and oxygen atoms in total. The maximum absolute atomic E-state index is 12.5. The molecule has 0 atom stereocenters. The number of rotatable bonds is 5. The van der Waals surface area contributed by atoms with Crippen molar-refractivity contribution in [3.05, 3.63) is 41.4 Å². The van der Waals surface area contributed by atoms with Crippen LogP contribution in [0.25, 0.3) is 11.3 Å². The second kappa shape index (κ2) is 8.44. The number of nitrogens with zero attached hydrogens (tertiary/aromatic N) is 3. The number of aryl methyl sites for hydroxylation is 1. The van der Waals surface area contributed by atoms with Crippen LogP contribution in [0.15, 0.2) is 34.9 Å². The van der Waals surface area contributed by atoms with E-state index < -0.39 is 0 Å². The van der Waals surface area contributed by atoms with E-state index in [0.29, 0.717) is 29.5 Å². The molecule has 1 aliphatic carbocycles. The zero-order valence-electron chi connectivity index (χ0n) is 15.6. The Morgan fingerprint density at radius 3 is 2.63 bits per heavy atom. The van der Waals surface area contributed by atoms with Crippen LogP contribution in [0.4, 0.5) is 0 Å². The van der Waals surface area contributed by atoms with Crippen LogP contribution >= 0.6 is 11.6 Å². The molecule has 0 N–H and O–H groups in total. The highest BCUT2D eigenvalue weighted by atomic mass is 35.5. The van der Waals surface area contributed by atoms with Crippen molar-refractivity contribution in [3.63, 3.8) is 0 Å². The number of carbonyl (C=O) groups excluding carboxylic acids is 1. The molecule has 1 aliphatic heterocycles. The van der Waals surface area contributed by atoms with Crippen LogP contribution < -0.4 is 0 Å². The molecule has 1 saturated heterocycles. The molecule has 1 saturated carbocycles. The number of hydrogen-bond donors (Lipinski definition) is 0. The summed E-state index contributed by atoms with van der Waals surface area (Å²) >= 11 is 6.20. The third-order valence-electron chi connectivity index (χ3n) is 5.75. The van der Waals surface area contributed by atoms with Crippen molar-refractivity contribution in [3.8, 4) is 11.3 Å². The average Bonchev–Trinajstić information content (AvgIpc) is 3.39. The molecule has 27 heavy (non-hydrogen) atoms. The van der Waals surface area contributed by atoms with Gasteiger partial charge in [-0.25, -0.2) is 4.98 Å². The summed E-state index contributed by atoms with van der Waals surface area (Å²) in [5.74, 6) is 1.43. The van der Waals surface area contributed by atoms with Gasteiger partial charge in [0.1, 0.15) is 0 Å². The minimum absolute atomic E-state index is 0.193. The molecule has 2 fully saturated rings. The monoisotopic (exact) mass is 387 g/mol. The molecule has 2 aliphatic rings. The first-order valence-electron chi connectivity index (χ1n) is 9.92. The molecule has 0 unspecified atom stereocenters. The molecular formula is C21H26ClN3O2. The second-order valence-corrected chi connectivity index (χ2v) is 7.86. The first-order chi connectivity index (χ1) is 13.2. The van der Waals surface area contributed by atoms with E-state index >= 15 is 0 Å². The summed E-state index contributed by atoms with van der Waals surface area (Å²) in [7, 11) is 0. The minimum atomic E-state index is 0.193. The van der Waals surface area contributed by atoms with Crippen molar-refractivity contribution in [1.29, 1.82) is 0 Å². The Bertz CT molecular complexity index is 777. The van der Waals surface area contributed by atoms with E-state index in [1.165, 1.54) is 25.7 Å². The van der Waals surface area contributed by atoms with Gasteiger partial charge in [-0.15, -0.1) is 0 Å². The van der Waals surface area contributed by atoms with Crippen LogP contribution in [0.2, 0.25) is 5.02 Å². The van der Waals surface area contributed by atoms with Gasteiger partial charge in [0.25, 0.3) is 0 Å². The van der Waals surface area contributed by atoms with Gasteiger partial charge in [-0.2, -0.15) is 0 Å². The number of hydrogen-bond acceptors (Lipinski definition) is 4. The molecule has 1 amide bonds. The zero-order valence-corrected chi connectivity index (χ0v) is 16.3. The number of oxazole rings is 1. The SMILES string of the molecule is O=C(CCc1ncc(-c2ccccc2Cl)o1)N1CCN(C2CCCC2)CC1. The summed E-state index contributed by atoms with van der Waals surface area (Å²) < 4.78 is 5.80. The summed E-state index contributed by atoms with van der Waals surface area (Å²) in [4.78, 5) is 21.4. The van der Waals surface area contributed by atoms with Crippen LogP contribution in [0.3, 0.4) is 0 Å². The van der Waals surface area contributed by atoms with Crippen molar-refractivity contribution in [2.24, 2.45) is 0 Å². The third kappa shape index (κ3) is 4.36. The molecular weight excluding hydrogens is 362 g/mol. The molecule has 2 aromatic rings. The maximum atomic E-state index is 12.5. The summed E-state index contributed by atoms with van der Waals surface area (Å²) in [6, 6.07) is 8.28. The van der Waals surface area contributed by atoms with Crippen LogP contribution in [0, 0.1) is 0 Å². The highest BCUT2D eigenvalue weighted by Crippen LogP contribution is 2.28. The lowest BCUT2D eigenvalue weighted by molar-refractivity contribution is -0.133. The van der Waals surface area contributed by atoms with E-state index in [0.717, 1.165) is 37.8 Å². The smallest absolute Gasteiger partial charge is 0.223 e. The number of piperazine rings is 1. The minimum Gasteiger partial charge on any atom is -0.441 e. The fraction of sp³-hybridized carbons (Fsp3) is 0.524. The van der Waals surface area contributed by atoms with Gasteiger partial charge in [-0.05, 0) is 25.0 Å².